The van der Waals surface area contributed by atoms with E-state index < -0.39 is 23.9 Å². The smallest absolute Gasteiger partial charge is 0.407 e. The lowest BCUT2D eigenvalue weighted by atomic mass is 10.0. The molecule has 27 heavy (non-hydrogen) atoms. The number of amides is 3. The molecule has 3 amide bonds. The number of ether oxygens (including phenoxy) is 2. The molecule has 0 saturated carbocycles. The van der Waals surface area contributed by atoms with Crippen LogP contribution in [0.3, 0.4) is 0 Å². The molecule has 1 aromatic rings. The van der Waals surface area contributed by atoms with Gasteiger partial charge in [-0.2, -0.15) is 0 Å². The summed E-state index contributed by atoms with van der Waals surface area (Å²) in [5.41, 5.74) is 4.86. The minimum Gasteiger partial charge on any atom is -0.450 e. The van der Waals surface area contributed by atoms with E-state index in [0.717, 1.165) is 18.2 Å². The number of carbonyl (C=O) groups is 3. The first kappa shape index (κ1) is 20.9. The summed E-state index contributed by atoms with van der Waals surface area (Å²) in [4.78, 5) is 42.4. The molecule has 1 aromatic heterocycles. The molecular formula is C16H25N5O5S. The van der Waals surface area contributed by atoms with E-state index >= 15 is 0 Å². The molecule has 0 aliphatic carbocycles. The lowest BCUT2D eigenvalue weighted by molar-refractivity contribution is -0.124. The van der Waals surface area contributed by atoms with Crippen LogP contribution in [0.2, 0.25) is 0 Å². The Morgan fingerprint density at radius 3 is 2.63 bits per heavy atom. The van der Waals surface area contributed by atoms with E-state index in [2.05, 4.69) is 21.2 Å². The molecule has 10 nitrogen and oxygen atoms in total. The summed E-state index contributed by atoms with van der Waals surface area (Å²) < 4.78 is 10.1. The molecule has 1 atom stereocenters. The molecule has 1 saturated heterocycles. The first-order valence-corrected chi connectivity index (χ1v) is 9.62. The highest BCUT2D eigenvalue weighted by molar-refractivity contribution is 7.13. The number of carbonyl (C=O) groups excluding carboxylic acids is 3. The molecule has 1 fully saturated rings. The molecule has 1 unspecified atom stereocenters. The van der Waals surface area contributed by atoms with Crippen LogP contribution in [0.4, 0.5) is 9.93 Å². The summed E-state index contributed by atoms with van der Waals surface area (Å²) in [5, 5.41) is 4.83. The van der Waals surface area contributed by atoms with Crippen LogP contribution in [-0.2, 0) is 14.3 Å². The van der Waals surface area contributed by atoms with Crippen LogP contribution in [0, 0.1) is 5.92 Å². The number of nitrogens with one attached hydrogen (secondary N) is 3. The Kier molecular flexibility index (Phi) is 7.80. The molecule has 11 heteroatoms. The zero-order chi connectivity index (χ0) is 19.8. The van der Waals surface area contributed by atoms with Crippen molar-refractivity contribution < 1.29 is 23.9 Å². The van der Waals surface area contributed by atoms with Gasteiger partial charge in [0.05, 0.1) is 19.8 Å². The fourth-order valence-electron chi connectivity index (χ4n) is 2.36. The van der Waals surface area contributed by atoms with Crippen LogP contribution in [-0.4, -0.2) is 61.8 Å². The van der Waals surface area contributed by atoms with Gasteiger partial charge in [-0.25, -0.2) is 9.78 Å². The number of alkyl carbamates (subject to hydrolysis) is 1. The number of rotatable bonds is 6. The number of morpholine rings is 1. The van der Waals surface area contributed by atoms with E-state index in [1.807, 2.05) is 4.90 Å². The first-order valence-electron chi connectivity index (χ1n) is 8.74. The van der Waals surface area contributed by atoms with Gasteiger partial charge in [0.1, 0.15) is 11.7 Å². The Bertz CT molecular complexity index is 659. The highest BCUT2D eigenvalue weighted by Gasteiger charge is 2.25. The molecule has 2 rings (SSSR count). The van der Waals surface area contributed by atoms with Gasteiger partial charge in [0, 0.05) is 18.5 Å². The fourth-order valence-corrected chi connectivity index (χ4v) is 3.22. The number of nitrogens with zero attached hydrogens (tertiary/aromatic N) is 2. The summed E-state index contributed by atoms with van der Waals surface area (Å²) in [5.74, 6) is -1.27. The summed E-state index contributed by atoms with van der Waals surface area (Å²) in [6.07, 6.45) is -0.688. The summed E-state index contributed by atoms with van der Waals surface area (Å²) in [7, 11) is 0. The maximum absolute atomic E-state index is 12.3. The van der Waals surface area contributed by atoms with E-state index in [1.54, 1.807) is 26.2 Å². The van der Waals surface area contributed by atoms with Gasteiger partial charge in [-0.05, 0) is 12.8 Å². The number of aromatic nitrogens is 1. The minimum absolute atomic E-state index is 0.196. The Labute approximate surface area is 161 Å². The topological polar surface area (TPSA) is 122 Å². The second-order valence-corrected chi connectivity index (χ2v) is 6.98. The van der Waals surface area contributed by atoms with Crippen LogP contribution < -0.4 is 21.1 Å². The second kappa shape index (κ2) is 10.1. The number of thiazole rings is 1. The van der Waals surface area contributed by atoms with Crippen molar-refractivity contribution in [1.29, 1.82) is 0 Å². The molecule has 3 N–H and O–H groups in total. The standard InChI is InChI=1S/C16H25N5O5S/c1-4-26-16(24)18-12(10(2)3)14(23)20-19-13(22)11-9-27-15(17-11)21-5-7-25-8-6-21/h9-10,12H,4-8H2,1-3H3,(H,18,24)(H,19,22)(H,20,23). The van der Waals surface area contributed by atoms with Gasteiger partial charge in [0.25, 0.3) is 11.8 Å². The highest BCUT2D eigenvalue weighted by Crippen LogP contribution is 2.21. The van der Waals surface area contributed by atoms with Crippen molar-refractivity contribution >= 4 is 34.4 Å². The number of hydrogen-bond donors (Lipinski definition) is 3. The van der Waals surface area contributed by atoms with Crippen LogP contribution >= 0.6 is 11.3 Å². The number of hydrazine groups is 1. The van der Waals surface area contributed by atoms with E-state index in [9.17, 15) is 14.4 Å². The molecule has 0 radical (unpaired) electrons. The van der Waals surface area contributed by atoms with Crippen molar-refractivity contribution in [2.24, 2.45) is 5.92 Å². The molecule has 0 bridgehead atoms. The highest BCUT2D eigenvalue weighted by atomic mass is 32.1. The third-order valence-corrected chi connectivity index (χ3v) is 4.70. The Balaban J connectivity index is 1.88. The molecule has 1 aliphatic heterocycles. The van der Waals surface area contributed by atoms with E-state index in [1.165, 1.54) is 11.3 Å². The Morgan fingerprint density at radius 2 is 2.00 bits per heavy atom. The molecule has 150 valence electrons. The first-order chi connectivity index (χ1) is 12.9. The van der Waals surface area contributed by atoms with Crippen molar-refractivity contribution in [3.05, 3.63) is 11.1 Å². The quantitative estimate of drug-likeness (QED) is 0.596. The Hall–Kier alpha value is -2.40. The van der Waals surface area contributed by atoms with Gasteiger partial charge in [-0.3, -0.25) is 20.4 Å². The van der Waals surface area contributed by atoms with Crippen LogP contribution in [0.1, 0.15) is 31.3 Å². The zero-order valence-electron chi connectivity index (χ0n) is 15.6. The molecule has 0 aromatic carbocycles. The summed E-state index contributed by atoms with van der Waals surface area (Å²) in [6, 6.07) is -0.844. The van der Waals surface area contributed by atoms with Crippen molar-refractivity contribution in [3.8, 4) is 0 Å². The maximum Gasteiger partial charge on any atom is 0.407 e. The lowest BCUT2D eigenvalue weighted by Crippen LogP contribution is -2.54. The fraction of sp³-hybridized carbons (Fsp3) is 0.625. The lowest BCUT2D eigenvalue weighted by Gasteiger charge is -2.25. The number of hydrogen-bond acceptors (Lipinski definition) is 8. The van der Waals surface area contributed by atoms with Gasteiger partial charge < -0.3 is 19.7 Å². The van der Waals surface area contributed by atoms with E-state index in [0.29, 0.717) is 13.2 Å². The molecule has 0 spiro atoms. The van der Waals surface area contributed by atoms with Crippen molar-refractivity contribution in [2.45, 2.75) is 26.8 Å². The SMILES string of the molecule is CCOC(=O)NC(C(=O)NNC(=O)c1csc(N2CCOCC2)n1)C(C)C. The third-order valence-electron chi connectivity index (χ3n) is 3.80. The van der Waals surface area contributed by atoms with E-state index in [4.69, 9.17) is 9.47 Å². The van der Waals surface area contributed by atoms with Gasteiger partial charge >= 0.3 is 6.09 Å². The Morgan fingerprint density at radius 1 is 1.30 bits per heavy atom. The van der Waals surface area contributed by atoms with Crippen molar-refractivity contribution in [2.75, 3.05) is 37.8 Å². The van der Waals surface area contributed by atoms with Crippen LogP contribution in [0.25, 0.3) is 0 Å². The van der Waals surface area contributed by atoms with Crippen molar-refractivity contribution in [3.63, 3.8) is 0 Å². The van der Waals surface area contributed by atoms with E-state index in [-0.39, 0.29) is 18.2 Å². The second-order valence-electron chi connectivity index (χ2n) is 6.14. The summed E-state index contributed by atoms with van der Waals surface area (Å²) in [6.45, 7) is 8.11. The molecule has 2 heterocycles. The zero-order valence-corrected chi connectivity index (χ0v) is 16.4. The third kappa shape index (κ3) is 6.07. The van der Waals surface area contributed by atoms with Gasteiger partial charge in [-0.1, -0.05) is 13.8 Å². The van der Waals surface area contributed by atoms with Gasteiger partial charge in [0.2, 0.25) is 0 Å². The molecular weight excluding hydrogens is 374 g/mol. The van der Waals surface area contributed by atoms with Crippen molar-refractivity contribution in [1.82, 2.24) is 21.2 Å². The maximum atomic E-state index is 12.3. The largest absolute Gasteiger partial charge is 0.450 e. The number of anilines is 1. The average molecular weight is 399 g/mol. The predicted molar refractivity (Wildman–Crippen MR) is 99.5 cm³/mol. The predicted octanol–water partition coefficient (Wildman–Crippen LogP) is 0.511. The monoisotopic (exact) mass is 399 g/mol. The summed E-state index contributed by atoms with van der Waals surface area (Å²) >= 11 is 1.36. The molecule has 1 aliphatic rings. The van der Waals surface area contributed by atoms with Crippen LogP contribution in [0.15, 0.2) is 5.38 Å². The average Bonchev–Trinajstić information content (AvgIpc) is 3.15. The minimum atomic E-state index is -0.844. The normalized spacial score (nSPS) is 15.2. The van der Waals surface area contributed by atoms with Crippen LogP contribution in [0.5, 0.6) is 0 Å². The van der Waals surface area contributed by atoms with Gasteiger partial charge in [-0.15, -0.1) is 11.3 Å². The van der Waals surface area contributed by atoms with Gasteiger partial charge in [0.15, 0.2) is 5.13 Å².